The van der Waals surface area contributed by atoms with E-state index in [0.717, 1.165) is 11.9 Å². The number of rotatable bonds is 1. The number of aromatic nitrogens is 1. The third-order valence-corrected chi connectivity index (χ3v) is 2.44. The molecular weight excluding hydrogens is 158 g/mol. The van der Waals surface area contributed by atoms with Crippen LogP contribution in [0.1, 0.15) is 18.1 Å². The average molecular weight is 171 g/mol. The second kappa shape index (κ2) is 3.17. The van der Waals surface area contributed by atoms with Gasteiger partial charge >= 0.3 is 0 Å². The first kappa shape index (κ1) is 8.24. The molecule has 2 rings (SSSR count). The van der Waals surface area contributed by atoms with Gasteiger partial charge in [-0.25, -0.2) is 0 Å². The van der Waals surface area contributed by atoms with Gasteiger partial charge in [-0.3, -0.25) is 4.98 Å². The molecule has 1 aromatic carbocycles. The van der Waals surface area contributed by atoms with Crippen molar-refractivity contribution in [3.05, 3.63) is 41.6 Å². The molecule has 0 spiro atoms. The van der Waals surface area contributed by atoms with Crippen molar-refractivity contribution in [1.82, 2.24) is 4.98 Å². The Morgan fingerprint density at radius 3 is 2.85 bits per heavy atom. The van der Waals surface area contributed by atoms with Crippen molar-refractivity contribution < 1.29 is 0 Å². The summed E-state index contributed by atoms with van der Waals surface area (Å²) in [5.41, 5.74) is 3.78. The minimum atomic E-state index is 1.07. The zero-order valence-electron chi connectivity index (χ0n) is 8.04. The minimum Gasteiger partial charge on any atom is -0.256 e. The highest BCUT2D eigenvalue weighted by molar-refractivity contribution is 5.84. The van der Waals surface area contributed by atoms with E-state index in [-0.39, 0.29) is 0 Å². The smallest absolute Gasteiger partial charge is 0.0733 e. The molecule has 1 nitrogen and oxygen atoms in total. The Bertz CT molecular complexity index is 432. The van der Waals surface area contributed by atoms with E-state index < -0.39 is 0 Å². The molecule has 1 aromatic heterocycles. The second-order valence-corrected chi connectivity index (χ2v) is 3.29. The van der Waals surface area contributed by atoms with Crippen LogP contribution in [-0.4, -0.2) is 4.98 Å². The highest BCUT2D eigenvalue weighted by Crippen LogP contribution is 2.19. The van der Waals surface area contributed by atoms with Crippen LogP contribution in [0, 0.1) is 6.92 Å². The first-order valence-electron chi connectivity index (χ1n) is 4.66. The van der Waals surface area contributed by atoms with Gasteiger partial charge in [-0.15, -0.1) is 0 Å². The average Bonchev–Trinajstić information content (AvgIpc) is 2.18. The van der Waals surface area contributed by atoms with Crippen molar-refractivity contribution in [2.24, 2.45) is 0 Å². The summed E-state index contributed by atoms with van der Waals surface area (Å²) >= 11 is 0. The van der Waals surface area contributed by atoms with Gasteiger partial charge in [-0.05, 0) is 30.5 Å². The number of benzene rings is 1. The Morgan fingerprint density at radius 1 is 1.23 bits per heavy atom. The lowest BCUT2D eigenvalue weighted by Crippen LogP contribution is -1.88. The predicted octanol–water partition coefficient (Wildman–Crippen LogP) is 3.11. The van der Waals surface area contributed by atoms with E-state index in [0.29, 0.717) is 0 Å². The van der Waals surface area contributed by atoms with Gasteiger partial charge in [0.2, 0.25) is 0 Å². The van der Waals surface area contributed by atoms with E-state index in [9.17, 15) is 0 Å². The summed E-state index contributed by atoms with van der Waals surface area (Å²) in [6, 6.07) is 8.45. The molecular formula is C12H13N. The number of pyridine rings is 1. The van der Waals surface area contributed by atoms with Crippen molar-refractivity contribution in [1.29, 1.82) is 0 Å². The molecule has 0 amide bonds. The Labute approximate surface area is 78.4 Å². The molecule has 0 N–H and O–H groups in total. The van der Waals surface area contributed by atoms with Crippen molar-refractivity contribution in [2.45, 2.75) is 20.3 Å². The monoisotopic (exact) mass is 171 g/mol. The van der Waals surface area contributed by atoms with Gasteiger partial charge in [0, 0.05) is 11.6 Å². The third-order valence-electron chi connectivity index (χ3n) is 2.44. The predicted molar refractivity (Wildman–Crippen MR) is 55.9 cm³/mol. The normalized spacial score (nSPS) is 10.6. The van der Waals surface area contributed by atoms with Crippen LogP contribution < -0.4 is 0 Å². The van der Waals surface area contributed by atoms with E-state index >= 15 is 0 Å². The molecule has 0 saturated heterocycles. The van der Waals surface area contributed by atoms with Crippen LogP contribution in [0.2, 0.25) is 0 Å². The molecule has 0 aliphatic rings. The number of aryl methyl sites for hydroxylation is 2. The highest BCUT2D eigenvalue weighted by Gasteiger charge is 2.00. The number of fused-ring (bicyclic) bond motifs is 1. The van der Waals surface area contributed by atoms with Gasteiger partial charge in [0.25, 0.3) is 0 Å². The number of nitrogens with zero attached hydrogens (tertiary/aromatic N) is 1. The molecule has 66 valence electrons. The van der Waals surface area contributed by atoms with E-state index in [1.807, 2.05) is 6.20 Å². The zero-order valence-corrected chi connectivity index (χ0v) is 8.04. The van der Waals surface area contributed by atoms with Crippen LogP contribution in [0.3, 0.4) is 0 Å². The highest BCUT2D eigenvalue weighted by atomic mass is 14.6. The largest absolute Gasteiger partial charge is 0.256 e. The maximum Gasteiger partial charge on any atom is 0.0733 e. The lowest BCUT2D eigenvalue weighted by atomic mass is 10.0. The van der Waals surface area contributed by atoms with Crippen LogP contribution in [-0.2, 0) is 6.42 Å². The van der Waals surface area contributed by atoms with Crippen molar-refractivity contribution >= 4 is 10.9 Å². The first-order chi connectivity index (χ1) is 6.33. The quantitative estimate of drug-likeness (QED) is 0.642. The number of para-hydroxylation sites is 1. The molecule has 0 unspecified atom stereocenters. The van der Waals surface area contributed by atoms with Gasteiger partial charge in [0.1, 0.15) is 0 Å². The topological polar surface area (TPSA) is 12.9 Å². The van der Waals surface area contributed by atoms with Crippen molar-refractivity contribution in [3.63, 3.8) is 0 Å². The molecule has 2 aromatic rings. The standard InChI is InChI=1S/C12H13N/c1-3-10-7-8-13-12-9(2)5-4-6-11(10)12/h4-8H,3H2,1-2H3. The zero-order chi connectivity index (χ0) is 9.26. The van der Waals surface area contributed by atoms with Gasteiger partial charge < -0.3 is 0 Å². The summed E-state index contributed by atoms with van der Waals surface area (Å²) < 4.78 is 0. The molecule has 0 radical (unpaired) electrons. The van der Waals surface area contributed by atoms with Crippen LogP contribution in [0.5, 0.6) is 0 Å². The fourth-order valence-corrected chi connectivity index (χ4v) is 1.69. The molecule has 1 heteroatoms. The Kier molecular flexibility index (Phi) is 2.01. The van der Waals surface area contributed by atoms with Crippen LogP contribution >= 0.6 is 0 Å². The van der Waals surface area contributed by atoms with Gasteiger partial charge in [-0.2, -0.15) is 0 Å². The maximum absolute atomic E-state index is 4.39. The Morgan fingerprint density at radius 2 is 2.08 bits per heavy atom. The SMILES string of the molecule is CCc1ccnc2c(C)cccc12. The molecule has 0 atom stereocenters. The van der Waals surface area contributed by atoms with Gasteiger partial charge in [-0.1, -0.05) is 25.1 Å². The summed E-state index contributed by atoms with van der Waals surface area (Å²) in [6.45, 7) is 4.28. The van der Waals surface area contributed by atoms with E-state index in [4.69, 9.17) is 0 Å². The summed E-state index contributed by atoms with van der Waals surface area (Å²) in [5.74, 6) is 0. The van der Waals surface area contributed by atoms with Crippen molar-refractivity contribution in [3.8, 4) is 0 Å². The molecule has 0 aliphatic carbocycles. The molecule has 1 heterocycles. The fraction of sp³-hybridized carbons (Fsp3) is 0.250. The summed E-state index contributed by atoms with van der Waals surface area (Å²) in [7, 11) is 0. The summed E-state index contributed by atoms with van der Waals surface area (Å²) in [6.07, 6.45) is 2.97. The number of hydrogen-bond donors (Lipinski definition) is 0. The maximum atomic E-state index is 4.39. The fourth-order valence-electron chi connectivity index (χ4n) is 1.69. The summed E-state index contributed by atoms with van der Waals surface area (Å²) in [5, 5.41) is 1.30. The van der Waals surface area contributed by atoms with E-state index in [1.165, 1.54) is 16.5 Å². The minimum absolute atomic E-state index is 1.07. The second-order valence-electron chi connectivity index (χ2n) is 3.29. The van der Waals surface area contributed by atoms with E-state index in [2.05, 4.69) is 43.1 Å². The lowest BCUT2D eigenvalue weighted by Gasteiger charge is -2.04. The molecule has 0 saturated carbocycles. The Balaban J connectivity index is 2.84. The lowest BCUT2D eigenvalue weighted by molar-refractivity contribution is 1.15. The molecule has 0 aliphatic heterocycles. The third kappa shape index (κ3) is 1.31. The molecule has 0 bridgehead atoms. The van der Waals surface area contributed by atoms with Gasteiger partial charge in [0.05, 0.1) is 5.52 Å². The molecule has 0 fully saturated rings. The van der Waals surface area contributed by atoms with Crippen LogP contribution in [0.15, 0.2) is 30.5 Å². The first-order valence-corrected chi connectivity index (χ1v) is 4.66. The van der Waals surface area contributed by atoms with Crippen molar-refractivity contribution in [2.75, 3.05) is 0 Å². The summed E-state index contributed by atoms with van der Waals surface area (Å²) in [4.78, 5) is 4.39. The van der Waals surface area contributed by atoms with Crippen LogP contribution in [0.25, 0.3) is 10.9 Å². The number of hydrogen-bond acceptors (Lipinski definition) is 1. The van der Waals surface area contributed by atoms with E-state index in [1.54, 1.807) is 0 Å². The van der Waals surface area contributed by atoms with Gasteiger partial charge in [0.15, 0.2) is 0 Å². The Hall–Kier alpha value is -1.37. The molecule has 13 heavy (non-hydrogen) atoms. The van der Waals surface area contributed by atoms with Crippen LogP contribution in [0.4, 0.5) is 0 Å².